The number of hydrogen-bond donors (Lipinski definition) is 0. The molecule has 0 spiro atoms. The Kier molecular flexibility index (Phi) is 6.54. The maximum atomic E-state index is 12.1. The van der Waals surface area contributed by atoms with Gasteiger partial charge in [0.25, 0.3) is 0 Å². The molecule has 1 aromatic rings. The molecule has 20 heavy (non-hydrogen) atoms. The molecule has 0 saturated carbocycles. The molecule has 0 saturated heterocycles. The number of rotatable bonds is 8. The Morgan fingerprint density at radius 2 is 1.35 bits per heavy atom. The van der Waals surface area contributed by atoms with Crippen molar-refractivity contribution in [2.45, 2.75) is 6.16 Å². The molecule has 0 unspecified atom stereocenters. The zero-order valence-corrected chi connectivity index (χ0v) is 14.3. The van der Waals surface area contributed by atoms with Gasteiger partial charge in [0, 0.05) is 40.7 Å². The van der Waals surface area contributed by atoms with E-state index in [1.807, 2.05) is 24.3 Å². The van der Waals surface area contributed by atoms with Gasteiger partial charge in [-0.2, -0.15) is 0 Å². The lowest BCUT2D eigenvalue weighted by molar-refractivity contribution is 0.140. The third kappa shape index (κ3) is 3.77. The molecule has 114 valence electrons. The zero-order chi connectivity index (χ0) is 15.2. The van der Waals surface area contributed by atoms with Gasteiger partial charge in [0.1, 0.15) is 0 Å². The van der Waals surface area contributed by atoms with Gasteiger partial charge >= 0.3 is 16.4 Å². The summed E-state index contributed by atoms with van der Waals surface area (Å²) in [6.07, 6.45) is 0.210. The second-order valence-electron chi connectivity index (χ2n) is 4.00. The van der Waals surface area contributed by atoms with Crippen LogP contribution >= 0.6 is 7.60 Å². The van der Waals surface area contributed by atoms with Crippen LogP contribution in [0.15, 0.2) is 24.3 Å². The molecule has 0 aromatic heterocycles. The second kappa shape index (κ2) is 7.47. The van der Waals surface area contributed by atoms with Gasteiger partial charge in [-0.25, -0.2) is 0 Å². The fourth-order valence-corrected chi connectivity index (χ4v) is 4.69. The van der Waals surface area contributed by atoms with Crippen LogP contribution in [0.3, 0.4) is 0 Å². The lowest BCUT2D eigenvalue weighted by atomic mass is 10.2. The normalized spacial score (nSPS) is 12.7. The van der Waals surface area contributed by atoms with Crippen molar-refractivity contribution >= 4 is 21.6 Å². The molecule has 0 bridgehead atoms. The van der Waals surface area contributed by atoms with Gasteiger partial charge in [0.05, 0.1) is 6.16 Å². The van der Waals surface area contributed by atoms with E-state index in [-0.39, 0.29) is 6.16 Å². The molecule has 8 heteroatoms. The van der Waals surface area contributed by atoms with E-state index < -0.39 is 16.4 Å². The van der Waals surface area contributed by atoms with E-state index in [2.05, 4.69) is 0 Å². The SMILES string of the molecule is CO[Si](OC)(OC)c1ccc(CP(=O)(OC)OC)cc1. The van der Waals surface area contributed by atoms with Crippen molar-refractivity contribution < 1.29 is 26.9 Å². The van der Waals surface area contributed by atoms with Gasteiger partial charge in [-0.3, -0.25) is 4.57 Å². The van der Waals surface area contributed by atoms with Crippen molar-refractivity contribution in [3.63, 3.8) is 0 Å². The molecule has 0 radical (unpaired) electrons. The zero-order valence-electron chi connectivity index (χ0n) is 12.4. The van der Waals surface area contributed by atoms with E-state index in [4.69, 9.17) is 22.3 Å². The largest absolute Gasteiger partial charge is 0.536 e. The van der Waals surface area contributed by atoms with Gasteiger partial charge in [-0.15, -0.1) is 0 Å². The minimum atomic E-state index is -3.06. The van der Waals surface area contributed by atoms with Gasteiger partial charge in [0.2, 0.25) is 0 Å². The fourth-order valence-electron chi connectivity index (χ4n) is 1.85. The maximum absolute atomic E-state index is 12.1. The molecule has 0 amide bonds. The average molecular weight is 320 g/mol. The predicted molar refractivity (Wildman–Crippen MR) is 78.2 cm³/mol. The van der Waals surface area contributed by atoms with Crippen molar-refractivity contribution in [1.29, 1.82) is 0 Å². The third-order valence-corrected chi connectivity index (χ3v) is 7.56. The summed E-state index contributed by atoms with van der Waals surface area (Å²) in [5, 5.41) is 0.832. The smallest absolute Gasteiger partial charge is 0.373 e. The summed E-state index contributed by atoms with van der Waals surface area (Å²) in [5.74, 6) is 0. The maximum Gasteiger partial charge on any atom is 0.536 e. The molecule has 6 nitrogen and oxygen atoms in total. The topological polar surface area (TPSA) is 63.2 Å². The quantitative estimate of drug-likeness (QED) is 0.537. The van der Waals surface area contributed by atoms with Crippen LogP contribution in [0.2, 0.25) is 0 Å². The summed E-state index contributed by atoms with van der Waals surface area (Å²) in [6, 6.07) is 7.35. The van der Waals surface area contributed by atoms with Crippen LogP contribution in [0.4, 0.5) is 0 Å². The summed E-state index contributed by atoms with van der Waals surface area (Å²) in [6.45, 7) is 0. The van der Waals surface area contributed by atoms with Crippen LogP contribution in [0.25, 0.3) is 0 Å². The van der Waals surface area contributed by atoms with Crippen molar-refractivity contribution in [1.82, 2.24) is 0 Å². The van der Waals surface area contributed by atoms with E-state index in [9.17, 15) is 4.57 Å². The minimum absolute atomic E-state index is 0.210. The molecule has 0 atom stereocenters. The Morgan fingerprint density at radius 1 is 0.900 bits per heavy atom. The van der Waals surface area contributed by atoms with Gasteiger partial charge in [-0.1, -0.05) is 24.3 Å². The first kappa shape index (κ1) is 17.5. The summed E-state index contributed by atoms with van der Waals surface area (Å²) >= 11 is 0. The molecule has 0 fully saturated rings. The monoisotopic (exact) mass is 320 g/mol. The average Bonchev–Trinajstić information content (AvgIpc) is 2.51. The Balaban J connectivity index is 2.97. The molecule has 0 heterocycles. The molecule has 0 aliphatic heterocycles. The van der Waals surface area contributed by atoms with Crippen molar-refractivity contribution in [2.24, 2.45) is 0 Å². The van der Waals surface area contributed by atoms with Crippen LogP contribution in [0.1, 0.15) is 5.56 Å². The molecular weight excluding hydrogens is 299 g/mol. The van der Waals surface area contributed by atoms with E-state index >= 15 is 0 Å². The Bertz CT molecular complexity index is 443. The highest BCUT2D eigenvalue weighted by Gasteiger charge is 2.40. The van der Waals surface area contributed by atoms with E-state index in [0.29, 0.717) is 0 Å². The standard InChI is InChI=1S/C12H21O6PSi/c1-14-19(13,15-2)10-11-6-8-12(9-7-11)20(16-3,17-4)18-5/h6-9H,10H2,1-5H3. The fraction of sp³-hybridized carbons (Fsp3) is 0.500. The first-order valence-electron chi connectivity index (χ1n) is 5.94. The summed E-state index contributed by atoms with van der Waals surface area (Å²) < 4.78 is 38.1. The van der Waals surface area contributed by atoms with Crippen molar-refractivity contribution in [3.8, 4) is 0 Å². The predicted octanol–water partition coefficient (Wildman–Crippen LogP) is 1.76. The lowest BCUT2D eigenvalue weighted by Gasteiger charge is -2.24. The molecule has 0 N–H and O–H groups in total. The first-order valence-corrected chi connectivity index (χ1v) is 9.40. The van der Waals surface area contributed by atoms with Gasteiger partial charge < -0.3 is 22.3 Å². The lowest BCUT2D eigenvalue weighted by Crippen LogP contribution is -2.54. The minimum Gasteiger partial charge on any atom is -0.373 e. The van der Waals surface area contributed by atoms with E-state index in [1.54, 1.807) is 21.3 Å². The van der Waals surface area contributed by atoms with Crippen LogP contribution < -0.4 is 5.19 Å². The highest BCUT2D eigenvalue weighted by molar-refractivity contribution is 7.52. The Hall–Kier alpha value is -0.533. The summed E-state index contributed by atoms with van der Waals surface area (Å²) in [4.78, 5) is 0. The van der Waals surface area contributed by atoms with Crippen LogP contribution in [-0.2, 0) is 33.1 Å². The molecule has 1 rings (SSSR count). The highest BCUT2D eigenvalue weighted by atomic mass is 31.2. The van der Waals surface area contributed by atoms with E-state index in [1.165, 1.54) is 14.2 Å². The Morgan fingerprint density at radius 3 is 1.70 bits per heavy atom. The number of benzene rings is 1. The van der Waals surface area contributed by atoms with Crippen molar-refractivity contribution in [3.05, 3.63) is 29.8 Å². The van der Waals surface area contributed by atoms with Gasteiger partial charge in [-0.05, 0) is 5.56 Å². The molecule has 1 aromatic carbocycles. The summed E-state index contributed by atoms with van der Waals surface area (Å²) in [7, 11) is 1.52. The second-order valence-corrected chi connectivity index (χ2v) is 9.18. The van der Waals surface area contributed by atoms with E-state index in [0.717, 1.165) is 10.8 Å². The van der Waals surface area contributed by atoms with Crippen molar-refractivity contribution in [2.75, 3.05) is 35.5 Å². The summed E-state index contributed by atoms with van der Waals surface area (Å²) in [5.41, 5.74) is 0.840. The van der Waals surface area contributed by atoms with Crippen LogP contribution in [0, 0.1) is 0 Å². The first-order chi connectivity index (χ1) is 9.49. The van der Waals surface area contributed by atoms with Gasteiger partial charge in [0.15, 0.2) is 0 Å². The Labute approximate surface area is 120 Å². The van der Waals surface area contributed by atoms with Crippen LogP contribution in [0.5, 0.6) is 0 Å². The third-order valence-electron chi connectivity index (χ3n) is 3.05. The highest BCUT2D eigenvalue weighted by Crippen LogP contribution is 2.49. The number of hydrogen-bond acceptors (Lipinski definition) is 6. The molecule has 0 aliphatic rings. The van der Waals surface area contributed by atoms with Crippen LogP contribution in [-0.4, -0.2) is 44.4 Å². The molecular formula is C12H21O6PSi. The molecule has 0 aliphatic carbocycles.